The van der Waals surface area contributed by atoms with E-state index in [4.69, 9.17) is 0 Å². The van der Waals surface area contributed by atoms with Crippen LogP contribution in [-0.4, -0.2) is 34.6 Å². The summed E-state index contributed by atoms with van der Waals surface area (Å²) in [5.41, 5.74) is -0.654. The SMILES string of the molecule is CC1(O)CCN(C(=O)CCCC2CCCCC2)C1. The Bertz CT molecular complexity index is 282. The van der Waals surface area contributed by atoms with Crippen LogP contribution in [0.4, 0.5) is 0 Å². The van der Waals surface area contributed by atoms with Crippen LogP contribution < -0.4 is 0 Å². The lowest BCUT2D eigenvalue weighted by Crippen LogP contribution is -2.33. The number of likely N-dealkylation sites (tertiary alicyclic amines) is 1. The fourth-order valence-corrected chi connectivity index (χ4v) is 3.33. The summed E-state index contributed by atoms with van der Waals surface area (Å²) in [5.74, 6) is 1.11. The van der Waals surface area contributed by atoms with Crippen molar-refractivity contribution in [1.82, 2.24) is 4.90 Å². The van der Waals surface area contributed by atoms with Crippen molar-refractivity contribution in [2.75, 3.05) is 13.1 Å². The molecule has 0 aromatic heterocycles. The molecule has 1 saturated carbocycles. The van der Waals surface area contributed by atoms with Crippen LogP contribution >= 0.6 is 0 Å². The van der Waals surface area contributed by atoms with E-state index in [1.807, 2.05) is 11.8 Å². The Labute approximate surface area is 111 Å². The molecule has 1 N–H and O–H groups in total. The Morgan fingerprint density at radius 3 is 2.67 bits per heavy atom. The maximum atomic E-state index is 12.0. The van der Waals surface area contributed by atoms with Crippen LogP contribution in [0.3, 0.4) is 0 Å². The predicted molar refractivity (Wildman–Crippen MR) is 72.2 cm³/mol. The third-order valence-corrected chi connectivity index (χ3v) is 4.53. The molecule has 0 bridgehead atoms. The Hall–Kier alpha value is -0.570. The lowest BCUT2D eigenvalue weighted by Gasteiger charge is -2.22. The topological polar surface area (TPSA) is 40.5 Å². The molecule has 2 rings (SSSR count). The van der Waals surface area contributed by atoms with E-state index in [1.54, 1.807) is 0 Å². The molecule has 3 nitrogen and oxygen atoms in total. The number of carbonyl (C=O) groups is 1. The first kappa shape index (κ1) is 13.9. The maximum Gasteiger partial charge on any atom is 0.222 e. The van der Waals surface area contributed by atoms with Crippen LogP contribution in [0.2, 0.25) is 0 Å². The van der Waals surface area contributed by atoms with Crippen LogP contribution in [0.15, 0.2) is 0 Å². The second-order valence-electron chi connectivity index (χ2n) is 6.46. The lowest BCUT2D eigenvalue weighted by atomic mass is 9.86. The van der Waals surface area contributed by atoms with E-state index in [2.05, 4.69) is 0 Å². The number of hydrogen-bond acceptors (Lipinski definition) is 2. The van der Waals surface area contributed by atoms with Gasteiger partial charge in [-0.3, -0.25) is 4.79 Å². The standard InChI is InChI=1S/C15H27NO2/c1-15(18)10-11-16(12-15)14(17)9-5-8-13-6-3-2-4-7-13/h13,18H,2-12H2,1H3. The fourth-order valence-electron chi connectivity index (χ4n) is 3.33. The first-order valence-corrected chi connectivity index (χ1v) is 7.57. The molecule has 0 aromatic carbocycles. The van der Waals surface area contributed by atoms with E-state index in [9.17, 15) is 9.90 Å². The van der Waals surface area contributed by atoms with Crippen LogP contribution in [0.25, 0.3) is 0 Å². The summed E-state index contributed by atoms with van der Waals surface area (Å²) in [6, 6.07) is 0. The quantitative estimate of drug-likeness (QED) is 0.837. The van der Waals surface area contributed by atoms with Crippen molar-refractivity contribution in [1.29, 1.82) is 0 Å². The maximum absolute atomic E-state index is 12.0. The fraction of sp³-hybridized carbons (Fsp3) is 0.933. The summed E-state index contributed by atoms with van der Waals surface area (Å²) >= 11 is 0. The molecule has 1 amide bonds. The highest BCUT2D eigenvalue weighted by molar-refractivity contribution is 5.76. The van der Waals surface area contributed by atoms with Crippen molar-refractivity contribution in [2.24, 2.45) is 5.92 Å². The molecule has 3 heteroatoms. The second kappa shape index (κ2) is 6.05. The molecule has 1 unspecified atom stereocenters. The van der Waals surface area contributed by atoms with Gasteiger partial charge >= 0.3 is 0 Å². The minimum atomic E-state index is -0.654. The Balaban J connectivity index is 1.63. The molecular formula is C15H27NO2. The van der Waals surface area contributed by atoms with Gasteiger partial charge in [0.05, 0.1) is 5.60 Å². The van der Waals surface area contributed by atoms with Gasteiger partial charge in [0.15, 0.2) is 0 Å². The summed E-state index contributed by atoms with van der Waals surface area (Å²) in [5, 5.41) is 9.85. The van der Waals surface area contributed by atoms with Gasteiger partial charge in [0.2, 0.25) is 5.91 Å². The summed E-state index contributed by atoms with van der Waals surface area (Å²) in [6.45, 7) is 3.08. The lowest BCUT2D eigenvalue weighted by molar-refractivity contribution is -0.131. The monoisotopic (exact) mass is 253 g/mol. The van der Waals surface area contributed by atoms with Crippen molar-refractivity contribution >= 4 is 5.91 Å². The van der Waals surface area contributed by atoms with Gasteiger partial charge < -0.3 is 10.0 Å². The van der Waals surface area contributed by atoms with Gasteiger partial charge in [-0.2, -0.15) is 0 Å². The second-order valence-corrected chi connectivity index (χ2v) is 6.46. The third kappa shape index (κ3) is 3.98. The molecule has 1 aliphatic heterocycles. The summed E-state index contributed by atoms with van der Waals surface area (Å²) in [6.07, 6.45) is 10.5. The van der Waals surface area contributed by atoms with E-state index in [0.717, 1.165) is 25.3 Å². The summed E-state index contributed by atoms with van der Waals surface area (Å²) in [7, 11) is 0. The first-order chi connectivity index (χ1) is 8.57. The normalized spacial score (nSPS) is 29.8. The van der Waals surface area contributed by atoms with E-state index < -0.39 is 5.60 Å². The van der Waals surface area contributed by atoms with Gasteiger partial charge in [0.1, 0.15) is 0 Å². The average molecular weight is 253 g/mol. The van der Waals surface area contributed by atoms with Gasteiger partial charge in [0.25, 0.3) is 0 Å². The summed E-state index contributed by atoms with van der Waals surface area (Å²) < 4.78 is 0. The van der Waals surface area contributed by atoms with E-state index in [1.165, 1.54) is 38.5 Å². The molecule has 1 atom stereocenters. The molecule has 18 heavy (non-hydrogen) atoms. The first-order valence-electron chi connectivity index (χ1n) is 7.57. The van der Waals surface area contributed by atoms with Crippen molar-refractivity contribution in [3.8, 4) is 0 Å². The van der Waals surface area contributed by atoms with Crippen LogP contribution in [-0.2, 0) is 4.79 Å². The van der Waals surface area contributed by atoms with Crippen molar-refractivity contribution < 1.29 is 9.90 Å². The molecule has 1 saturated heterocycles. The molecule has 1 heterocycles. The molecule has 0 spiro atoms. The number of amides is 1. The van der Waals surface area contributed by atoms with Crippen molar-refractivity contribution in [3.63, 3.8) is 0 Å². The molecule has 0 aromatic rings. The van der Waals surface area contributed by atoms with Gasteiger partial charge in [0, 0.05) is 19.5 Å². The number of rotatable bonds is 4. The number of nitrogens with zero attached hydrogens (tertiary/aromatic N) is 1. The van der Waals surface area contributed by atoms with Crippen LogP contribution in [0, 0.1) is 5.92 Å². The number of carbonyl (C=O) groups excluding carboxylic acids is 1. The molecule has 2 fully saturated rings. The van der Waals surface area contributed by atoms with Crippen LogP contribution in [0.5, 0.6) is 0 Å². The number of aliphatic hydroxyl groups is 1. The zero-order valence-corrected chi connectivity index (χ0v) is 11.7. The average Bonchev–Trinajstić information content (AvgIpc) is 2.71. The zero-order valence-electron chi connectivity index (χ0n) is 11.7. The largest absolute Gasteiger partial charge is 0.388 e. The number of β-amino-alcohol motifs (C(OH)–C–C–N with tert-alkyl or cyclic N) is 1. The highest BCUT2D eigenvalue weighted by Gasteiger charge is 2.33. The highest BCUT2D eigenvalue weighted by Crippen LogP contribution is 2.28. The van der Waals surface area contributed by atoms with E-state index in [-0.39, 0.29) is 5.91 Å². The minimum Gasteiger partial charge on any atom is -0.388 e. The van der Waals surface area contributed by atoms with Gasteiger partial charge in [-0.15, -0.1) is 0 Å². The number of hydrogen-bond donors (Lipinski definition) is 1. The third-order valence-electron chi connectivity index (χ3n) is 4.53. The Morgan fingerprint density at radius 1 is 1.33 bits per heavy atom. The zero-order chi connectivity index (χ0) is 13.0. The Kier molecular flexibility index (Phi) is 4.66. The predicted octanol–water partition coefficient (Wildman–Crippen LogP) is 2.72. The molecule has 0 radical (unpaired) electrons. The van der Waals surface area contributed by atoms with E-state index >= 15 is 0 Å². The molecule has 2 aliphatic rings. The van der Waals surface area contributed by atoms with Crippen molar-refractivity contribution in [2.45, 2.75) is 70.3 Å². The van der Waals surface area contributed by atoms with E-state index in [0.29, 0.717) is 13.0 Å². The highest BCUT2D eigenvalue weighted by atomic mass is 16.3. The summed E-state index contributed by atoms with van der Waals surface area (Å²) in [4.78, 5) is 13.8. The van der Waals surface area contributed by atoms with Gasteiger partial charge in [-0.1, -0.05) is 32.1 Å². The molecule has 1 aliphatic carbocycles. The molecule has 104 valence electrons. The van der Waals surface area contributed by atoms with Crippen molar-refractivity contribution in [3.05, 3.63) is 0 Å². The van der Waals surface area contributed by atoms with Gasteiger partial charge in [-0.05, 0) is 32.1 Å². The Morgan fingerprint density at radius 2 is 2.06 bits per heavy atom. The van der Waals surface area contributed by atoms with Gasteiger partial charge in [-0.25, -0.2) is 0 Å². The minimum absolute atomic E-state index is 0.239. The van der Waals surface area contributed by atoms with Crippen LogP contribution in [0.1, 0.15) is 64.7 Å². The molecular weight excluding hydrogens is 226 g/mol. The smallest absolute Gasteiger partial charge is 0.222 e.